The molecule has 106 valence electrons. The summed E-state index contributed by atoms with van der Waals surface area (Å²) in [5.41, 5.74) is 7.60. The molecular formula is C14H17FN4O. The summed E-state index contributed by atoms with van der Waals surface area (Å²) in [4.78, 5) is 13.8. The van der Waals surface area contributed by atoms with Crippen LogP contribution >= 0.6 is 0 Å². The first-order chi connectivity index (χ1) is 9.51. The minimum absolute atomic E-state index is 0.205. The van der Waals surface area contributed by atoms with E-state index in [2.05, 4.69) is 5.10 Å². The number of nitrogens with zero attached hydrogens (tertiary/aromatic N) is 3. The maximum atomic E-state index is 13.1. The maximum Gasteiger partial charge on any atom is 0.269 e. The molecule has 0 spiro atoms. The predicted octanol–water partition coefficient (Wildman–Crippen LogP) is 0.955. The van der Waals surface area contributed by atoms with Crippen LogP contribution in [0.5, 0.6) is 0 Å². The Morgan fingerprint density at radius 3 is 2.65 bits per heavy atom. The molecule has 0 fully saturated rings. The van der Waals surface area contributed by atoms with Crippen molar-refractivity contribution in [2.45, 2.75) is 13.1 Å². The number of anilines is 1. The lowest BCUT2D eigenvalue weighted by molar-refractivity contribution is 0.613. The van der Waals surface area contributed by atoms with Gasteiger partial charge in [0, 0.05) is 26.7 Å². The second-order valence-electron chi connectivity index (χ2n) is 4.72. The van der Waals surface area contributed by atoms with Crippen LogP contribution in [0.3, 0.4) is 0 Å². The van der Waals surface area contributed by atoms with Gasteiger partial charge in [0.15, 0.2) is 0 Å². The van der Waals surface area contributed by atoms with Crippen LogP contribution in [0.4, 0.5) is 10.1 Å². The van der Waals surface area contributed by atoms with Crippen LogP contribution in [0, 0.1) is 5.82 Å². The number of halogens is 1. The van der Waals surface area contributed by atoms with E-state index in [1.807, 2.05) is 19.0 Å². The Balaban J connectivity index is 2.33. The number of aromatic nitrogens is 2. The lowest BCUT2D eigenvalue weighted by Gasteiger charge is -2.13. The Morgan fingerprint density at radius 1 is 1.30 bits per heavy atom. The highest BCUT2D eigenvalue weighted by atomic mass is 19.1. The zero-order valence-corrected chi connectivity index (χ0v) is 11.5. The van der Waals surface area contributed by atoms with E-state index in [1.165, 1.54) is 22.9 Å². The third-order valence-electron chi connectivity index (χ3n) is 3.08. The lowest BCUT2D eigenvalue weighted by Crippen LogP contribution is -2.25. The Bertz CT molecular complexity index is 666. The fraction of sp³-hybridized carbons (Fsp3) is 0.286. The van der Waals surface area contributed by atoms with Crippen LogP contribution < -0.4 is 16.2 Å². The largest absolute Gasteiger partial charge is 0.376 e. The SMILES string of the molecule is CN(C)c1cnn(Cc2ccc(F)cc2CN)c(=O)c1. The maximum absolute atomic E-state index is 13.1. The third-order valence-corrected chi connectivity index (χ3v) is 3.08. The first kappa shape index (κ1) is 14.2. The van der Waals surface area contributed by atoms with Gasteiger partial charge in [-0.2, -0.15) is 5.10 Å². The molecule has 0 saturated heterocycles. The summed E-state index contributed by atoms with van der Waals surface area (Å²) in [5.74, 6) is -0.336. The highest BCUT2D eigenvalue weighted by Crippen LogP contribution is 2.12. The standard InChI is InChI=1S/C14H17FN4O/c1-18(2)13-6-14(20)19(17-8-13)9-10-3-4-12(15)5-11(10)7-16/h3-6,8H,7,9,16H2,1-2H3. The zero-order chi connectivity index (χ0) is 14.7. The summed E-state index contributed by atoms with van der Waals surface area (Å²) in [6, 6.07) is 5.88. The van der Waals surface area contributed by atoms with E-state index in [-0.39, 0.29) is 24.5 Å². The second-order valence-corrected chi connectivity index (χ2v) is 4.72. The fourth-order valence-electron chi connectivity index (χ4n) is 1.89. The van der Waals surface area contributed by atoms with E-state index in [0.29, 0.717) is 5.56 Å². The van der Waals surface area contributed by atoms with E-state index >= 15 is 0 Å². The first-order valence-corrected chi connectivity index (χ1v) is 6.23. The van der Waals surface area contributed by atoms with Crippen LogP contribution in [0.25, 0.3) is 0 Å². The molecule has 0 unspecified atom stereocenters. The van der Waals surface area contributed by atoms with E-state index in [1.54, 1.807) is 12.3 Å². The predicted molar refractivity (Wildman–Crippen MR) is 76.2 cm³/mol. The van der Waals surface area contributed by atoms with Gasteiger partial charge in [-0.1, -0.05) is 6.07 Å². The van der Waals surface area contributed by atoms with Crippen molar-refractivity contribution in [2.75, 3.05) is 19.0 Å². The molecule has 0 amide bonds. The molecule has 0 aliphatic carbocycles. The molecule has 5 nitrogen and oxygen atoms in total. The fourth-order valence-corrected chi connectivity index (χ4v) is 1.89. The van der Waals surface area contributed by atoms with Gasteiger partial charge in [-0.25, -0.2) is 9.07 Å². The molecule has 6 heteroatoms. The molecule has 0 bridgehead atoms. The van der Waals surface area contributed by atoms with Crippen molar-refractivity contribution < 1.29 is 4.39 Å². The highest BCUT2D eigenvalue weighted by molar-refractivity contribution is 5.40. The third kappa shape index (κ3) is 3.03. The normalized spacial score (nSPS) is 10.6. The Labute approximate surface area is 116 Å². The molecule has 0 saturated carbocycles. The molecule has 2 aromatic rings. The van der Waals surface area contributed by atoms with Crippen LogP contribution in [0.15, 0.2) is 35.3 Å². The summed E-state index contributed by atoms with van der Waals surface area (Å²) < 4.78 is 14.5. The number of hydrogen-bond donors (Lipinski definition) is 1. The molecule has 1 aromatic carbocycles. The van der Waals surface area contributed by atoms with Gasteiger partial charge in [0.1, 0.15) is 5.82 Å². The van der Waals surface area contributed by atoms with Crippen LogP contribution in [-0.4, -0.2) is 23.9 Å². The van der Waals surface area contributed by atoms with E-state index in [9.17, 15) is 9.18 Å². The van der Waals surface area contributed by atoms with Gasteiger partial charge < -0.3 is 10.6 Å². The summed E-state index contributed by atoms with van der Waals surface area (Å²) in [5, 5.41) is 4.12. The Morgan fingerprint density at radius 2 is 2.05 bits per heavy atom. The van der Waals surface area contributed by atoms with Crippen molar-refractivity contribution in [2.24, 2.45) is 5.73 Å². The van der Waals surface area contributed by atoms with Crippen LogP contribution in [-0.2, 0) is 13.1 Å². The van der Waals surface area contributed by atoms with Gasteiger partial charge in [-0.05, 0) is 23.3 Å². The summed E-state index contributed by atoms with van der Waals surface area (Å²) >= 11 is 0. The average Bonchev–Trinajstić information content (AvgIpc) is 2.42. The molecular weight excluding hydrogens is 259 g/mol. The molecule has 20 heavy (non-hydrogen) atoms. The molecule has 0 aliphatic rings. The van der Waals surface area contributed by atoms with E-state index in [0.717, 1.165) is 11.3 Å². The van der Waals surface area contributed by atoms with Gasteiger partial charge in [0.25, 0.3) is 5.56 Å². The van der Waals surface area contributed by atoms with Gasteiger partial charge in [-0.15, -0.1) is 0 Å². The van der Waals surface area contributed by atoms with Gasteiger partial charge in [0.2, 0.25) is 0 Å². The number of hydrogen-bond acceptors (Lipinski definition) is 4. The Hall–Kier alpha value is -2.21. The average molecular weight is 276 g/mol. The Kier molecular flexibility index (Phi) is 4.14. The van der Waals surface area contributed by atoms with Crippen molar-refractivity contribution in [3.8, 4) is 0 Å². The minimum atomic E-state index is -0.336. The molecule has 0 aliphatic heterocycles. The molecule has 1 aromatic heterocycles. The zero-order valence-electron chi connectivity index (χ0n) is 11.5. The van der Waals surface area contributed by atoms with Crippen molar-refractivity contribution >= 4 is 5.69 Å². The number of rotatable bonds is 4. The number of benzene rings is 1. The molecule has 0 atom stereocenters. The summed E-state index contributed by atoms with van der Waals surface area (Å²) in [7, 11) is 3.68. The minimum Gasteiger partial charge on any atom is -0.376 e. The number of nitrogens with two attached hydrogens (primary N) is 1. The van der Waals surface area contributed by atoms with E-state index in [4.69, 9.17) is 5.73 Å². The molecule has 1 heterocycles. The van der Waals surface area contributed by atoms with E-state index < -0.39 is 0 Å². The quantitative estimate of drug-likeness (QED) is 0.903. The van der Waals surface area contributed by atoms with Crippen LogP contribution in [0.2, 0.25) is 0 Å². The van der Waals surface area contributed by atoms with Crippen molar-refractivity contribution in [3.05, 3.63) is 57.8 Å². The van der Waals surface area contributed by atoms with Crippen molar-refractivity contribution in [1.82, 2.24) is 9.78 Å². The molecule has 0 radical (unpaired) electrons. The summed E-state index contributed by atoms with van der Waals surface area (Å²) in [6.45, 7) is 0.497. The smallest absolute Gasteiger partial charge is 0.269 e. The van der Waals surface area contributed by atoms with Crippen molar-refractivity contribution in [1.29, 1.82) is 0 Å². The first-order valence-electron chi connectivity index (χ1n) is 6.23. The molecule has 2 rings (SSSR count). The highest BCUT2D eigenvalue weighted by Gasteiger charge is 2.07. The van der Waals surface area contributed by atoms with Gasteiger partial charge in [0.05, 0.1) is 18.4 Å². The monoisotopic (exact) mass is 276 g/mol. The topological polar surface area (TPSA) is 64.2 Å². The molecule has 2 N–H and O–H groups in total. The van der Waals surface area contributed by atoms with Crippen LogP contribution in [0.1, 0.15) is 11.1 Å². The van der Waals surface area contributed by atoms with Crippen molar-refractivity contribution in [3.63, 3.8) is 0 Å². The van der Waals surface area contributed by atoms with Gasteiger partial charge >= 0.3 is 0 Å². The lowest BCUT2D eigenvalue weighted by atomic mass is 10.1. The second kappa shape index (κ2) is 5.83. The van der Waals surface area contributed by atoms with Gasteiger partial charge in [-0.3, -0.25) is 4.79 Å². The summed E-state index contributed by atoms with van der Waals surface area (Å²) in [6.07, 6.45) is 1.62.